The van der Waals surface area contributed by atoms with Crippen LogP contribution in [0.2, 0.25) is 0 Å². The minimum absolute atomic E-state index is 0.189. The zero-order valence-corrected chi connectivity index (χ0v) is 20.8. The van der Waals surface area contributed by atoms with Gasteiger partial charge in [-0.2, -0.15) is 0 Å². The van der Waals surface area contributed by atoms with Crippen molar-refractivity contribution in [1.29, 1.82) is 0 Å². The van der Waals surface area contributed by atoms with E-state index in [1.165, 1.54) is 29.0 Å². The van der Waals surface area contributed by atoms with Crippen molar-refractivity contribution in [3.05, 3.63) is 101 Å². The molecule has 0 unspecified atom stereocenters. The Morgan fingerprint density at radius 2 is 1.75 bits per heavy atom. The number of carbonyl (C=O) groups excluding carboxylic acids is 2. The molecule has 1 amide bonds. The lowest BCUT2D eigenvalue weighted by molar-refractivity contribution is -0.140. The van der Waals surface area contributed by atoms with Crippen LogP contribution in [0, 0.1) is 5.82 Å². The fraction of sp³-hybridized carbons (Fsp3) is 0.179. The molecule has 6 nitrogen and oxygen atoms in total. The highest BCUT2D eigenvalue weighted by molar-refractivity contribution is 7.80. The fourth-order valence-electron chi connectivity index (χ4n) is 3.75. The zero-order valence-electron chi connectivity index (χ0n) is 19.9. The molecular formula is C28H25FN2O4S. The van der Waals surface area contributed by atoms with Crippen molar-refractivity contribution >= 4 is 41.0 Å². The van der Waals surface area contributed by atoms with E-state index < -0.39 is 5.97 Å². The Kier molecular flexibility index (Phi) is 7.75. The number of hydrogen-bond acceptors (Lipinski definition) is 5. The number of esters is 1. The molecule has 0 atom stereocenters. The molecule has 0 aliphatic carbocycles. The van der Waals surface area contributed by atoms with E-state index in [0.717, 1.165) is 23.1 Å². The van der Waals surface area contributed by atoms with Crippen LogP contribution >= 0.6 is 12.2 Å². The summed E-state index contributed by atoms with van der Waals surface area (Å²) in [4.78, 5) is 28.4. The van der Waals surface area contributed by atoms with Crippen molar-refractivity contribution in [2.45, 2.75) is 20.0 Å². The van der Waals surface area contributed by atoms with Crippen molar-refractivity contribution < 1.29 is 23.5 Å². The Morgan fingerprint density at radius 3 is 2.39 bits per heavy atom. The summed E-state index contributed by atoms with van der Waals surface area (Å²) in [6, 6.07) is 20.9. The van der Waals surface area contributed by atoms with Crippen molar-refractivity contribution in [3.63, 3.8) is 0 Å². The number of nitrogens with zero attached hydrogens (tertiary/aromatic N) is 2. The third-order valence-electron chi connectivity index (χ3n) is 5.73. The average Bonchev–Trinajstić information content (AvgIpc) is 3.12. The first kappa shape index (κ1) is 25.1. The second-order valence-corrected chi connectivity index (χ2v) is 8.49. The van der Waals surface area contributed by atoms with E-state index in [0.29, 0.717) is 11.4 Å². The number of benzene rings is 3. The Balaban J connectivity index is 1.57. The minimum atomic E-state index is -0.514. The van der Waals surface area contributed by atoms with Crippen molar-refractivity contribution in [1.82, 2.24) is 4.90 Å². The van der Waals surface area contributed by atoms with E-state index in [4.69, 9.17) is 21.7 Å². The summed E-state index contributed by atoms with van der Waals surface area (Å²) in [6.07, 6.45) is 2.55. The van der Waals surface area contributed by atoms with E-state index in [-0.39, 0.29) is 35.7 Å². The van der Waals surface area contributed by atoms with Crippen LogP contribution in [-0.2, 0) is 27.4 Å². The Morgan fingerprint density at radius 1 is 1.03 bits per heavy atom. The van der Waals surface area contributed by atoms with Gasteiger partial charge in [-0.3, -0.25) is 14.5 Å². The van der Waals surface area contributed by atoms with Gasteiger partial charge in [0.1, 0.15) is 30.4 Å². The third-order valence-corrected chi connectivity index (χ3v) is 6.13. The van der Waals surface area contributed by atoms with Crippen LogP contribution in [0.5, 0.6) is 5.75 Å². The molecule has 4 rings (SSSR count). The molecule has 8 heteroatoms. The standard InChI is InChI=1S/C28H25FN2O4S/c1-3-19-7-11-23(12-8-19)31-27(33)25(30(28(31)36)17-26(32)34-2)16-20-9-13-24(14-10-20)35-18-21-5-4-6-22(29)15-21/h4-16H,3,17-18H2,1-2H3/b25-16-. The van der Waals surface area contributed by atoms with E-state index in [9.17, 15) is 14.0 Å². The number of hydrogen-bond donors (Lipinski definition) is 0. The number of amides is 1. The molecule has 1 saturated heterocycles. The van der Waals surface area contributed by atoms with Gasteiger partial charge in [0, 0.05) is 0 Å². The van der Waals surface area contributed by atoms with Crippen LogP contribution in [0.15, 0.2) is 78.5 Å². The van der Waals surface area contributed by atoms with E-state index >= 15 is 0 Å². The summed E-state index contributed by atoms with van der Waals surface area (Å²) in [7, 11) is 1.29. The molecule has 3 aromatic rings. The lowest BCUT2D eigenvalue weighted by Gasteiger charge is -2.19. The predicted molar refractivity (Wildman–Crippen MR) is 140 cm³/mol. The quantitative estimate of drug-likeness (QED) is 0.241. The van der Waals surface area contributed by atoms with Gasteiger partial charge in [0.25, 0.3) is 5.91 Å². The first-order valence-electron chi connectivity index (χ1n) is 11.4. The number of methoxy groups -OCH3 is 1. The van der Waals surface area contributed by atoms with Crippen LogP contribution in [-0.4, -0.2) is 35.5 Å². The average molecular weight is 505 g/mol. The molecule has 36 heavy (non-hydrogen) atoms. The smallest absolute Gasteiger partial charge is 0.325 e. The van der Waals surface area contributed by atoms with Crippen LogP contribution in [0.3, 0.4) is 0 Å². The molecule has 1 aliphatic heterocycles. The van der Waals surface area contributed by atoms with Crippen LogP contribution in [0.1, 0.15) is 23.6 Å². The van der Waals surface area contributed by atoms with Gasteiger partial charge >= 0.3 is 5.97 Å². The maximum Gasteiger partial charge on any atom is 0.325 e. The molecule has 1 heterocycles. The maximum absolute atomic E-state index is 13.4. The number of aryl methyl sites for hydroxylation is 1. The molecular weight excluding hydrogens is 479 g/mol. The number of carbonyl (C=O) groups is 2. The van der Waals surface area contributed by atoms with Gasteiger partial charge in [0.2, 0.25) is 0 Å². The Bertz CT molecular complexity index is 1310. The first-order chi connectivity index (χ1) is 17.4. The predicted octanol–water partition coefficient (Wildman–Crippen LogP) is 5.11. The SMILES string of the molecule is CCc1ccc(N2C(=O)/C(=C/c3ccc(OCc4cccc(F)c4)cc3)N(CC(=O)OC)C2=S)cc1. The van der Waals surface area contributed by atoms with Crippen molar-refractivity contribution in [3.8, 4) is 5.75 Å². The molecule has 184 valence electrons. The van der Waals surface area contributed by atoms with Crippen LogP contribution in [0.4, 0.5) is 10.1 Å². The van der Waals surface area contributed by atoms with Gasteiger partial charge in [0.05, 0.1) is 12.8 Å². The number of thiocarbonyl (C=S) groups is 1. The molecule has 0 saturated carbocycles. The zero-order chi connectivity index (χ0) is 25.7. The van der Waals surface area contributed by atoms with Gasteiger partial charge in [-0.05, 0) is 77.8 Å². The van der Waals surface area contributed by atoms with Gasteiger partial charge in [-0.1, -0.05) is 43.3 Å². The van der Waals surface area contributed by atoms with E-state index in [1.54, 1.807) is 42.5 Å². The summed E-state index contributed by atoms with van der Waals surface area (Å²) in [6.45, 7) is 2.09. The molecule has 0 spiro atoms. The number of anilines is 1. The van der Waals surface area contributed by atoms with Gasteiger partial charge in [-0.25, -0.2) is 4.39 Å². The number of halogens is 1. The molecule has 0 N–H and O–H groups in total. The highest BCUT2D eigenvalue weighted by atomic mass is 32.1. The summed E-state index contributed by atoms with van der Waals surface area (Å²) in [5, 5.41) is 0.205. The van der Waals surface area contributed by atoms with Crippen molar-refractivity contribution in [2.75, 3.05) is 18.6 Å². The maximum atomic E-state index is 13.4. The van der Waals surface area contributed by atoms with Crippen molar-refractivity contribution in [2.24, 2.45) is 0 Å². The number of rotatable bonds is 8. The molecule has 0 aromatic heterocycles. The lowest BCUT2D eigenvalue weighted by atomic mass is 10.1. The lowest BCUT2D eigenvalue weighted by Crippen LogP contribution is -2.35. The fourth-order valence-corrected chi connectivity index (χ4v) is 4.10. The molecule has 0 radical (unpaired) electrons. The molecule has 0 bridgehead atoms. The largest absolute Gasteiger partial charge is 0.489 e. The highest BCUT2D eigenvalue weighted by Crippen LogP contribution is 2.30. The minimum Gasteiger partial charge on any atom is -0.489 e. The third kappa shape index (κ3) is 5.60. The van der Waals surface area contributed by atoms with Crippen LogP contribution < -0.4 is 9.64 Å². The highest BCUT2D eigenvalue weighted by Gasteiger charge is 2.40. The normalized spacial score (nSPS) is 14.5. The number of ether oxygens (including phenoxy) is 2. The second-order valence-electron chi connectivity index (χ2n) is 8.12. The van der Waals surface area contributed by atoms with Gasteiger partial charge < -0.3 is 14.4 Å². The second kappa shape index (κ2) is 11.1. The monoisotopic (exact) mass is 504 g/mol. The Labute approximate surface area is 214 Å². The van der Waals surface area contributed by atoms with Gasteiger partial charge in [-0.15, -0.1) is 0 Å². The molecule has 1 fully saturated rings. The molecule has 3 aromatic carbocycles. The van der Waals surface area contributed by atoms with Crippen LogP contribution in [0.25, 0.3) is 6.08 Å². The summed E-state index contributed by atoms with van der Waals surface area (Å²) in [5.74, 6) is -0.567. The van der Waals surface area contributed by atoms with E-state index in [1.807, 2.05) is 24.3 Å². The first-order valence-corrected chi connectivity index (χ1v) is 11.8. The van der Waals surface area contributed by atoms with Gasteiger partial charge in [0.15, 0.2) is 5.11 Å². The topological polar surface area (TPSA) is 59.1 Å². The Hall–Kier alpha value is -4.04. The summed E-state index contributed by atoms with van der Waals surface area (Å²) >= 11 is 5.59. The molecule has 1 aliphatic rings. The summed E-state index contributed by atoms with van der Waals surface area (Å²) in [5.41, 5.74) is 3.47. The summed E-state index contributed by atoms with van der Waals surface area (Å²) < 4.78 is 23.9. The van der Waals surface area contributed by atoms with E-state index in [2.05, 4.69) is 6.92 Å².